The standard InChI is InChI=1S/C9H17NO.CH5N/c1-3-8(4-2)10-7-5-6-9(10)11;1-2/h8H,3-7H2,1-2H3;2H2,1H3. The molecule has 78 valence electrons. The first-order valence-electron chi connectivity index (χ1n) is 5.16. The Hall–Kier alpha value is -0.570. The fourth-order valence-corrected chi connectivity index (χ4v) is 1.78. The second kappa shape index (κ2) is 6.89. The Balaban J connectivity index is 0.000000671. The first kappa shape index (κ1) is 12.4. The zero-order valence-corrected chi connectivity index (χ0v) is 9.05. The summed E-state index contributed by atoms with van der Waals surface area (Å²) in [5.41, 5.74) is 4.50. The maximum atomic E-state index is 11.3. The van der Waals surface area contributed by atoms with Gasteiger partial charge in [0.25, 0.3) is 0 Å². The molecule has 1 saturated heterocycles. The van der Waals surface area contributed by atoms with Gasteiger partial charge in [0.05, 0.1) is 0 Å². The van der Waals surface area contributed by atoms with Gasteiger partial charge < -0.3 is 10.6 Å². The SMILES string of the molecule is CCC(CC)N1CCCC1=O.CN. The van der Waals surface area contributed by atoms with E-state index in [1.165, 1.54) is 7.05 Å². The van der Waals surface area contributed by atoms with Crippen molar-refractivity contribution in [1.29, 1.82) is 0 Å². The first-order chi connectivity index (χ1) is 6.29. The summed E-state index contributed by atoms with van der Waals surface area (Å²) in [6.07, 6.45) is 4.04. The molecule has 1 fully saturated rings. The van der Waals surface area contributed by atoms with E-state index >= 15 is 0 Å². The normalized spacial score (nSPS) is 16.1. The van der Waals surface area contributed by atoms with Crippen LogP contribution in [-0.2, 0) is 4.79 Å². The van der Waals surface area contributed by atoms with Crippen molar-refractivity contribution in [3.05, 3.63) is 0 Å². The van der Waals surface area contributed by atoms with Crippen LogP contribution in [0.15, 0.2) is 0 Å². The fraction of sp³-hybridized carbons (Fsp3) is 0.900. The Morgan fingerprint density at radius 3 is 2.23 bits per heavy atom. The van der Waals surface area contributed by atoms with Crippen LogP contribution in [0.4, 0.5) is 0 Å². The summed E-state index contributed by atoms with van der Waals surface area (Å²) in [6.45, 7) is 5.30. The smallest absolute Gasteiger partial charge is 0.222 e. The monoisotopic (exact) mass is 186 g/mol. The quantitative estimate of drug-likeness (QED) is 0.723. The van der Waals surface area contributed by atoms with E-state index in [9.17, 15) is 4.79 Å². The summed E-state index contributed by atoms with van der Waals surface area (Å²) in [5, 5.41) is 0. The molecule has 0 unspecified atom stereocenters. The fourth-order valence-electron chi connectivity index (χ4n) is 1.78. The topological polar surface area (TPSA) is 46.3 Å². The molecule has 0 aromatic rings. The predicted molar refractivity (Wildman–Crippen MR) is 55.4 cm³/mol. The Morgan fingerprint density at radius 2 is 1.92 bits per heavy atom. The average Bonchev–Trinajstić information content (AvgIpc) is 2.58. The van der Waals surface area contributed by atoms with Crippen LogP contribution in [0.25, 0.3) is 0 Å². The van der Waals surface area contributed by atoms with Crippen LogP contribution in [0.1, 0.15) is 39.5 Å². The minimum absolute atomic E-state index is 0.360. The van der Waals surface area contributed by atoms with Crippen LogP contribution >= 0.6 is 0 Å². The summed E-state index contributed by atoms with van der Waals surface area (Å²) in [7, 11) is 1.50. The Morgan fingerprint density at radius 1 is 1.38 bits per heavy atom. The van der Waals surface area contributed by atoms with Crippen molar-refractivity contribution in [3.63, 3.8) is 0 Å². The molecule has 0 bridgehead atoms. The summed E-state index contributed by atoms with van der Waals surface area (Å²) < 4.78 is 0. The van der Waals surface area contributed by atoms with Crippen LogP contribution in [0.3, 0.4) is 0 Å². The molecule has 1 aliphatic heterocycles. The summed E-state index contributed by atoms with van der Waals surface area (Å²) >= 11 is 0. The van der Waals surface area contributed by atoms with Gasteiger partial charge in [-0.15, -0.1) is 0 Å². The van der Waals surface area contributed by atoms with Gasteiger partial charge in [0.15, 0.2) is 0 Å². The predicted octanol–water partition coefficient (Wildman–Crippen LogP) is 1.37. The van der Waals surface area contributed by atoms with Crippen molar-refractivity contribution >= 4 is 5.91 Å². The van der Waals surface area contributed by atoms with E-state index in [2.05, 4.69) is 19.6 Å². The van der Waals surface area contributed by atoms with Gasteiger partial charge in [0.2, 0.25) is 5.91 Å². The highest BCUT2D eigenvalue weighted by Crippen LogP contribution is 2.17. The number of hydrogen-bond acceptors (Lipinski definition) is 2. The molecule has 1 aliphatic rings. The lowest BCUT2D eigenvalue weighted by Gasteiger charge is -2.25. The Labute approximate surface area is 81.3 Å². The van der Waals surface area contributed by atoms with E-state index in [1.54, 1.807) is 0 Å². The zero-order valence-electron chi connectivity index (χ0n) is 9.05. The molecule has 1 heterocycles. The largest absolute Gasteiger partial charge is 0.340 e. The highest BCUT2D eigenvalue weighted by Gasteiger charge is 2.25. The van der Waals surface area contributed by atoms with Crippen molar-refractivity contribution in [2.45, 2.75) is 45.6 Å². The highest BCUT2D eigenvalue weighted by molar-refractivity contribution is 5.78. The maximum absolute atomic E-state index is 11.3. The van der Waals surface area contributed by atoms with Crippen molar-refractivity contribution in [2.24, 2.45) is 5.73 Å². The summed E-state index contributed by atoms with van der Waals surface area (Å²) in [6, 6.07) is 0.505. The molecule has 0 spiro atoms. The lowest BCUT2D eigenvalue weighted by molar-refractivity contribution is -0.129. The van der Waals surface area contributed by atoms with Gasteiger partial charge in [-0.05, 0) is 26.3 Å². The Kier molecular flexibility index (Phi) is 6.59. The van der Waals surface area contributed by atoms with Gasteiger partial charge in [-0.3, -0.25) is 4.79 Å². The molecule has 1 amide bonds. The second-order valence-electron chi connectivity index (χ2n) is 3.16. The second-order valence-corrected chi connectivity index (χ2v) is 3.16. The van der Waals surface area contributed by atoms with E-state index < -0.39 is 0 Å². The molecule has 0 radical (unpaired) electrons. The molecule has 0 aliphatic carbocycles. The number of nitrogens with zero attached hydrogens (tertiary/aromatic N) is 1. The van der Waals surface area contributed by atoms with Crippen LogP contribution in [0.2, 0.25) is 0 Å². The number of carbonyl (C=O) groups excluding carboxylic acids is 1. The number of nitrogens with two attached hydrogens (primary N) is 1. The third-order valence-electron chi connectivity index (χ3n) is 2.49. The van der Waals surface area contributed by atoms with Gasteiger partial charge >= 0.3 is 0 Å². The van der Waals surface area contributed by atoms with Gasteiger partial charge in [0.1, 0.15) is 0 Å². The third kappa shape index (κ3) is 3.35. The molecular weight excluding hydrogens is 164 g/mol. The molecule has 3 heteroatoms. The van der Waals surface area contributed by atoms with Crippen molar-refractivity contribution in [1.82, 2.24) is 4.90 Å². The third-order valence-corrected chi connectivity index (χ3v) is 2.49. The summed E-state index contributed by atoms with van der Waals surface area (Å²) in [5.74, 6) is 0.360. The minimum atomic E-state index is 0.360. The zero-order chi connectivity index (χ0) is 10.3. The van der Waals surface area contributed by atoms with E-state index in [0.29, 0.717) is 11.9 Å². The van der Waals surface area contributed by atoms with Crippen LogP contribution in [-0.4, -0.2) is 30.4 Å². The molecule has 0 atom stereocenters. The number of likely N-dealkylation sites (tertiary alicyclic amines) is 1. The number of carbonyl (C=O) groups is 1. The molecule has 2 N–H and O–H groups in total. The molecule has 13 heavy (non-hydrogen) atoms. The first-order valence-corrected chi connectivity index (χ1v) is 5.16. The lowest BCUT2D eigenvalue weighted by atomic mass is 10.1. The highest BCUT2D eigenvalue weighted by atomic mass is 16.2. The molecule has 3 nitrogen and oxygen atoms in total. The van der Waals surface area contributed by atoms with Crippen LogP contribution in [0, 0.1) is 0 Å². The minimum Gasteiger partial charge on any atom is -0.340 e. The average molecular weight is 186 g/mol. The Bertz CT molecular complexity index is 144. The van der Waals surface area contributed by atoms with Crippen LogP contribution in [0.5, 0.6) is 0 Å². The molecule has 0 saturated carbocycles. The van der Waals surface area contributed by atoms with Crippen LogP contribution < -0.4 is 5.73 Å². The number of hydrogen-bond donors (Lipinski definition) is 1. The van der Waals surface area contributed by atoms with E-state index in [0.717, 1.165) is 32.2 Å². The van der Waals surface area contributed by atoms with E-state index in [4.69, 9.17) is 0 Å². The van der Waals surface area contributed by atoms with Gasteiger partial charge in [-0.2, -0.15) is 0 Å². The lowest BCUT2D eigenvalue weighted by Crippen LogP contribution is -2.35. The maximum Gasteiger partial charge on any atom is 0.222 e. The van der Waals surface area contributed by atoms with E-state index in [-0.39, 0.29) is 0 Å². The van der Waals surface area contributed by atoms with Gasteiger partial charge in [-0.1, -0.05) is 13.8 Å². The molecule has 1 rings (SSSR count). The number of amides is 1. The van der Waals surface area contributed by atoms with Crippen molar-refractivity contribution < 1.29 is 4.79 Å². The van der Waals surface area contributed by atoms with Crippen molar-refractivity contribution in [3.8, 4) is 0 Å². The number of rotatable bonds is 3. The van der Waals surface area contributed by atoms with E-state index in [1.807, 2.05) is 4.90 Å². The molecule has 0 aromatic carbocycles. The van der Waals surface area contributed by atoms with Crippen molar-refractivity contribution in [2.75, 3.05) is 13.6 Å². The molecular formula is C10H22N2O. The van der Waals surface area contributed by atoms with Gasteiger partial charge in [0, 0.05) is 19.0 Å². The summed E-state index contributed by atoms with van der Waals surface area (Å²) in [4.78, 5) is 13.3. The van der Waals surface area contributed by atoms with Gasteiger partial charge in [-0.25, -0.2) is 0 Å². The molecule has 0 aromatic heterocycles.